The molecule has 1 aliphatic heterocycles. The Morgan fingerprint density at radius 1 is 1.50 bits per heavy atom. The molecular formula is C10H11ClN2O. The number of hydrogen-bond donors (Lipinski definition) is 2. The minimum atomic E-state index is 0.00629. The topological polar surface area (TPSA) is 55.1 Å². The van der Waals surface area contributed by atoms with Crippen molar-refractivity contribution in [1.29, 1.82) is 0 Å². The van der Waals surface area contributed by atoms with Crippen LogP contribution in [0.1, 0.15) is 11.1 Å². The van der Waals surface area contributed by atoms with Crippen molar-refractivity contribution < 1.29 is 4.79 Å². The minimum absolute atomic E-state index is 0.00629. The molecule has 0 aliphatic carbocycles. The van der Waals surface area contributed by atoms with Crippen molar-refractivity contribution in [3.63, 3.8) is 0 Å². The fraction of sp³-hybridized carbons (Fsp3) is 0.300. The standard InChI is InChI=1S/C10H11ClN2O/c11-8-4-6(1-2-12)3-7-5-9(14)13-10(7)8/h3-4H,1-2,5,12H2,(H,13,14). The molecule has 0 atom stereocenters. The van der Waals surface area contributed by atoms with Crippen LogP contribution in [0.4, 0.5) is 5.69 Å². The lowest BCUT2D eigenvalue weighted by Gasteiger charge is -2.05. The molecule has 4 heteroatoms. The van der Waals surface area contributed by atoms with Crippen LogP contribution in [0.15, 0.2) is 12.1 Å². The average molecular weight is 211 g/mol. The highest BCUT2D eigenvalue weighted by molar-refractivity contribution is 6.34. The molecule has 0 aromatic heterocycles. The van der Waals surface area contributed by atoms with Crippen molar-refractivity contribution in [3.8, 4) is 0 Å². The molecule has 14 heavy (non-hydrogen) atoms. The van der Waals surface area contributed by atoms with Crippen LogP contribution in [0.2, 0.25) is 5.02 Å². The average Bonchev–Trinajstić information content (AvgIpc) is 2.47. The molecule has 0 saturated heterocycles. The van der Waals surface area contributed by atoms with Gasteiger partial charge in [0.1, 0.15) is 0 Å². The number of fused-ring (bicyclic) bond motifs is 1. The zero-order valence-electron chi connectivity index (χ0n) is 7.64. The van der Waals surface area contributed by atoms with E-state index < -0.39 is 0 Å². The van der Waals surface area contributed by atoms with E-state index in [2.05, 4.69) is 5.32 Å². The van der Waals surface area contributed by atoms with E-state index in [-0.39, 0.29) is 5.91 Å². The van der Waals surface area contributed by atoms with Crippen LogP contribution in [0, 0.1) is 0 Å². The van der Waals surface area contributed by atoms with Crippen molar-refractivity contribution in [2.45, 2.75) is 12.8 Å². The maximum absolute atomic E-state index is 11.1. The Hall–Kier alpha value is -1.06. The molecule has 0 bridgehead atoms. The largest absolute Gasteiger partial charge is 0.330 e. The second-order valence-electron chi connectivity index (χ2n) is 3.38. The zero-order chi connectivity index (χ0) is 10.1. The number of amides is 1. The van der Waals surface area contributed by atoms with Crippen molar-refractivity contribution in [3.05, 3.63) is 28.3 Å². The van der Waals surface area contributed by atoms with Crippen LogP contribution in [0.3, 0.4) is 0 Å². The van der Waals surface area contributed by atoms with Crippen LogP contribution in [-0.4, -0.2) is 12.5 Å². The van der Waals surface area contributed by atoms with Gasteiger partial charge in [-0.2, -0.15) is 0 Å². The second kappa shape index (κ2) is 3.59. The van der Waals surface area contributed by atoms with Crippen LogP contribution in [0.5, 0.6) is 0 Å². The van der Waals surface area contributed by atoms with Crippen molar-refractivity contribution in [1.82, 2.24) is 0 Å². The molecule has 0 spiro atoms. The SMILES string of the molecule is NCCc1cc(Cl)c2c(c1)CC(=O)N2. The van der Waals surface area contributed by atoms with Crippen molar-refractivity contribution in [2.24, 2.45) is 5.73 Å². The molecule has 0 radical (unpaired) electrons. The molecule has 1 aliphatic rings. The van der Waals surface area contributed by atoms with Gasteiger partial charge < -0.3 is 11.1 Å². The van der Waals surface area contributed by atoms with Gasteiger partial charge in [0, 0.05) is 0 Å². The fourth-order valence-corrected chi connectivity index (χ4v) is 1.98. The predicted molar refractivity (Wildman–Crippen MR) is 56.5 cm³/mol. The summed E-state index contributed by atoms with van der Waals surface area (Å²) >= 11 is 6.02. The number of nitrogens with one attached hydrogen (secondary N) is 1. The van der Waals surface area contributed by atoms with Gasteiger partial charge in [0.2, 0.25) is 5.91 Å². The van der Waals surface area contributed by atoms with E-state index in [4.69, 9.17) is 17.3 Å². The second-order valence-corrected chi connectivity index (χ2v) is 3.78. The Bertz CT molecular complexity index is 390. The van der Waals surface area contributed by atoms with Gasteiger partial charge in [0.15, 0.2) is 0 Å². The van der Waals surface area contributed by atoms with Gasteiger partial charge in [-0.05, 0) is 30.2 Å². The van der Waals surface area contributed by atoms with Gasteiger partial charge in [-0.25, -0.2) is 0 Å². The summed E-state index contributed by atoms with van der Waals surface area (Å²) in [6, 6.07) is 3.85. The van der Waals surface area contributed by atoms with E-state index in [1.807, 2.05) is 12.1 Å². The van der Waals surface area contributed by atoms with Crippen molar-refractivity contribution in [2.75, 3.05) is 11.9 Å². The monoisotopic (exact) mass is 210 g/mol. The summed E-state index contributed by atoms with van der Waals surface area (Å²) in [7, 11) is 0. The Morgan fingerprint density at radius 2 is 2.29 bits per heavy atom. The molecule has 1 aromatic rings. The van der Waals surface area contributed by atoms with Gasteiger partial charge in [-0.3, -0.25) is 4.79 Å². The summed E-state index contributed by atoms with van der Waals surface area (Å²) in [6.45, 7) is 0.594. The Kier molecular flexibility index (Phi) is 2.44. The summed E-state index contributed by atoms with van der Waals surface area (Å²) < 4.78 is 0. The first-order valence-electron chi connectivity index (χ1n) is 4.52. The number of hydrogen-bond acceptors (Lipinski definition) is 2. The zero-order valence-corrected chi connectivity index (χ0v) is 8.40. The van der Waals surface area contributed by atoms with Gasteiger partial charge >= 0.3 is 0 Å². The Balaban J connectivity index is 2.40. The molecule has 1 heterocycles. The third-order valence-electron chi connectivity index (χ3n) is 2.28. The quantitative estimate of drug-likeness (QED) is 0.774. The Labute approximate surface area is 87.2 Å². The van der Waals surface area contributed by atoms with E-state index in [0.29, 0.717) is 18.0 Å². The number of nitrogens with two attached hydrogens (primary N) is 1. The van der Waals surface area contributed by atoms with Gasteiger partial charge in [-0.1, -0.05) is 17.7 Å². The number of benzene rings is 1. The molecule has 2 rings (SSSR count). The highest BCUT2D eigenvalue weighted by atomic mass is 35.5. The van der Waals surface area contributed by atoms with Crippen molar-refractivity contribution >= 4 is 23.2 Å². The first kappa shape index (κ1) is 9.49. The van der Waals surface area contributed by atoms with Gasteiger partial charge in [0.25, 0.3) is 0 Å². The molecular weight excluding hydrogens is 200 g/mol. The number of carbonyl (C=O) groups is 1. The Morgan fingerprint density at radius 3 is 3.00 bits per heavy atom. The summed E-state index contributed by atoms with van der Waals surface area (Å²) in [5, 5.41) is 3.34. The van der Waals surface area contributed by atoms with Crippen LogP contribution in [-0.2, 0) is 17.6 Å². The molecule has 1 aromatic carbocycles. The first-order chi connectivity index (χ1) is 6.70. The van der Waals surface area contributed by atoms with E-state index >= 15 is 0 Å². The molecule has 74 valence electrons. The molecule has 3 nitrogen and oxygen atoms in total. The third kappa shape index (κ3) is 1.61. The number of carbonyl (C=O) groups excluding carboxylic acids is 1. The lowest BCUT2D eigenvalue weighted by Crippen LogP contribution is -2.03. The van der Waals surface area contributed by atoms with E-state index in [0.717, 1.165) is 23.2 Å². The third-order valence-corrected chi connectivity index (χ3v) is 2.58. The molecule has 0 unspecified atom stereocenters. The van der Waals surface area contributed by atoms with E-state index in [9.17, 15) is 4.79 Å². The predicted octanol–water partition coefficient (Wildman–Crippen LogP) is 1.34. The van der Waals surface area contributed by atoms with E-state index in [1.54, 1.807) is 0 Å². The van der Waals surface area contributed by atoms with Crippen LogP contribution < -0.4 is 11.1 Å². The number of halogens is 1. The smallest absolute Gasteiger partial charge is 0.228 e. The molecule has 0 fully saturated rings. The first-order valence-corrected chi connectivity index (χ1v) is 4.89. The van der Waals surface area contributed by atoms with Gasteiger partial charge in [0.05, 0.1) is 17.1 Å². The maximum atomic E-state index is 11.1. The lowest BCUT2D eigenvalue weighted by molar-refractivity contribution is -0.115. The summed E-state index contributed by atoms with van der Waals surface area (Å²) in [5.74, 6) is 0.00629. The maximum Gasteiger partial charge on any atom is 0.228 e. The summed E-state index contributed by atoms with van der Waals surface area (Å²) in [5.41, 5.74) is 8.29. The summed E-state index contributed by atoms with van der Waals surface area (Å²) in [4.78, 5) is 11.1. The molecule has 3 N–H and O–H groups in total. The molecule has 1 amide bonds. The highest BCUT2D eigenvalue weighted by Crippen LogP contribution is 2.32. The summed E-state index contributed by atoms with van der Waals surface area (Å²) in [6.07, 6.45) is 1.22. The molecule has 0 saturated carbocycles. The highest BCUT2D eigenvalue weighted by Gasteiger charge is 2.20. The minimum Gasteiger partial charge on any atom is -0.330 e. The van der Waals surface area contributed by atoms with Gasteiger partial charge in [-0.15, -0.1) is 0 Å². The van der Waals surface area contributed by atoms with Crippen LogP contribution >= 0.6 is 11.6 Å². The lowest BCUT2D eigenvalue weighted by atomic mass is 10.1. The number of anilines is 1. The number of rotatable bonds is 2. The van der Waals surface area contributed by atoms with Crippen LogP contribution in [0.25, 0.3) is 0 Å². The fourth-order valence-electron chi connectivity index (χ4n) is 1.67. The normalized spacial score (nSPS) is 14.0. The van der Waals surface area contributed by atoms with E-state index in [1.165, 1.54) is 0 Å².